The zero-order valence-electron chi connectivity index (χ0n) is 9.01. The van der Waals surface area contributed by atoms with Crippen molar-refractivity contribution in [3.63, 3.8) is 0 Å². The highest BCUT2D eigenvalue weighted by atomic mass is 127. The number of carbonyl (C=O) groups excluding carboxylic acids is 1. The van der Waals surface area contributed by atoms with Gasteiger partial charge in [-0.05, 0) is 34.7 Å². The van der Waals surface area contributed by atoms with E-state index in [0.717, 1.165) is 4.57 Å². The Morgan fingerprint density at radius 1 is 1.22 bits per heavy atom. The molecule has 1 amide bonds. The molecular formula is C11H8IN3O3. The van der Waals surface area contributed by atoms with Crippen LogP contribution in [0, 0.1) is 3.57 Å². The standard InChI is InChI=1S/C11H8IN3O3/c12-8-6-15(11(18)14-9(8)16)10(17)13-7-4-2-1-3-5-7/h1-6H,(H,13,17)(H,14,16,18). The van der Waals surface area contributed by atoms with Gasteiger partial charge in [-0.3, -0.25) is 9.78 Å². The quantitative estimate of drug-likeness (QED) is 0.753. The maximum atomic E-state index is 11.8. The van der Waals surface area contributed by atoms with Crippen molar-refractivity contribution in [2.75, 3.05) is 5.32 Å². The van der Waals surface area contributed by atoms with Gasteiger partial charge in [-0.25, -0.2) is 14.2 Å². The first-order valence-electron chi connectivity index (χ1n) is 4.96. The second-order valence-electron chi connectivity index (χ2n) is 3.40. The van der Waals surface area contributed by atoms with Gasteiger partial charge in [0, 0.05) is 11.9 Å². The van der Waals surface area contributed by atoms with E-state index >= 15 is 0 Å². The van der Waals surface area contributed by atoms with Crippen LogP contribution in [0.1, 0.15) is 0 Å². The van der Waals surface area contributed by atoms with Gasteiger partial charge >= 0.3 is 11.7 Å². The van der Waals surface area contributed by atoms with E-state index in [4.69, 9.17) is 0 Å². The van der Waals surface area contributed by atoms with Gasteiger partial charge in [-0.1, -0.05) is 18.2 Å². The summed E-state index contributed by atoms with van der Waals surface area (Å²) in [4.78, 5) is 36.5. The van der Waals surface area contributed by atoms with Gasteiger partial charge in [0.15, 0.2) is 0 Å². The minimum Gasteiger partial charge on any atom is -0.307 e. The van der Waals surface area contributed by atoms with Gasteiger partial charge in [0.2, 0.25) is 0 Å². The molecule has 0 saturated carbocycles. The van der Waals surface area contributed by atoms with E-state index in [-0.39, 0.29) is 3.57 Å². The summed E-state index contributed by atoms with van der Waals surface area (Å²) >= 11 is 1.75. The Labute approximate surface area is 115 Å². The van der Waals surface area contributed by atoms with E-state index < -0.39 is 17.3 Å². The van der Waals surface area contributed by atoms with Crippen molar-refractivity contribution in [2.45, 2.75) is 0 Å². The van der Waals surface area contributed by atoms with E-state index in [9.17, 15) is 14.4 Å². The van der Waals surface area contributed by atoms with Crippen molar-refractivity contribution in [1.82, 2.24) is 9.55 Å². The molecule has 18 heavy (non-hydrogen) atoms. The van der Waals surface area contributed by atoms with Crippen LogP contribution in [0.3, 0.4) is 0 Å². The molecule has 0 spiro atoms. The van der Waals surface area contributed by atoms with Crippen molar-refractivity contribution in [3.05, 3.63) is 60.9 Å². The molecule has 0 unspecified atom stereocenters. The number of anilines is 1. The molecule has 0 atom stereocenters. The van der Waals surface area contributed by atoms with Crippen LogP contribution in [0.2, 0.25) is 0 Å². The number of carbonyl (C=O) groups is 1. The predicted octanol–water partition coefficient (Wildman–Crippen LogP) is 1.22. The molecule has 92 valence electrons. The van der Waals surface area contributed by atoms with Crippen LogP contribution in [0.15, 0.2) is 46.1 Å². The molecule has 2 aromatic rings. The number of aromatic amines is 1. The molecule has 2 N–H and O–H groups in total. The molecule has 1 heterocycles. The Morgan fingerprint density at radius 2 is 1.89 bits per heavy atom. The fourth-order valence-electron chi connectivity index (χ4n) is 1.30. The fourth-order valence-corrected chi connectivity index (χ4v) is 1.72. The first-order valence-corrected chi connectivity index (χ1v) is 6.03. The van der Waals surface area contributed by atoms with Gasteiger partial charge in [-0.15, -0.1) is 0 Å². The Hall–Kier alpha value is -1.90. The first-order chi connectivity index (χ1) is 8.58. The highest BCUT2D eigenvalue weighted by Crippen LogP contribution is 2.05. The van der Waals surface area contributed by atoms with E-state index in [0.29, 0.717) is 5.69 Å². The van der Waals surface area contributed by atoms with Crippen molar-refractivity contribution < 1.29 is 4.79 Å². The number of hydrogen-bond donors (Lipinski definition) is 2. The Morgan fingerprint density at radius 3 is 2.56 bits per heavy atom. The smallest absolute Gasteiger partial charge is 0.307 e. The van der Waals surface area contributed by atoms with Crippen molar-refractivity contribution in [1.29, 1.82) is 0 Å². The number of rotatable bonds is 1. The van der Waals surface area contributed by atoms with E-state index in [2.05, 4.69) is 10.3 Å². The zero-order chi connectivity index (χ0) is 13.1. The average molecular weight is 357 g/mol. The molecular weight excluding hydrogens is 349 g/mol. The number of hydrogen-bond acceptors (Lipinski definition) is 3. The summed E-state index contributed by atoms with van der Waals surface area (Å²) in [5.74, 6) is 0. The number of para-hydroxylation sites is 1. The first kappa shape index (κ1) is 12.6. The third-order valence-electron chi connectivity index (χ3n) is 2.14. The summed E-state index contributed by atoms with van der Waals surface area (Å²) in [6.07, 6.45) is 1.19. The van der Waals surface area contributed by atoms with Gasteiger partial charge in [-0.2, -0.15) is 0 Å². The molecule has 1 aromatic heterocycles. The fraction of sp³-hybridized carbons (Fsp3) is 0. The monoisotopic (exact) mass is 357 g/mol. The SMILES string of the molecule is O=C(Nc1ccccc1)n1cc(I)c(=O)[nH]c1=O. The van der Waals surface area contributed by atoms with Gasteiger partial charge in [0.1, 0.15) is 0 Å². The van der Waals surface area contributed by atoms with Crippen LogP contribution >= 0.6 is 22.6 Å². The number of aromatic nitrogens is 2. The van der Waals surface area contributed by atoms with Gasteiger partial charge in [0.05, 0.1) is 3.57 Å². The summed E-state index contributed by atoms with van der Waals surface area (Å²) in [5, 5.41) is 2.54. The normalized spacial score (nSPS) is 10.1. The molecule has 7 heteroatoms. The zero-order valence-corrected chi connectivity index (χ0v) is 11.2. The highest BCUT2D eigenvalue weighted by molar-refractivity contribution is 14.1. The lowest BCUT2D eigenvalue weighted by atomic mass is 10.3. The van der Waals surface area contributed by atoms with Crippen LogP contribution in [0.5, 0.6) is 0 Å². The summed E-state index contributed by atoms with van der Waals surface area (Å²) < 4.78 is 1.08. The topological polar surface area (TPSA) is 84.0 Å². The average Bonchev–Trinajstić information content (AvgIpc) is 2.35. The van der Waals surface area contributed by atoms with Crippen LogP contribution < -0.4 is 16.6 Å². The minimum absolute atomic E-state index is 0.260. The molecule has 1 aromatic carbocycles. The van der Waals surface area contributed by atoms with E-state index in [1.54, 1.807) is 46.9 Å². The number of halogens is 1. The van der Waals surface area contributed by atoms with Crippen molar-refractivity contribution >= 4 is 34.3 Å². The van der Waals surface area contributed by atoms with Gasteiger partial charge in [0.25, 0.3) is 5.56 Å². The van der Waals surface area contributed by atoms with Crippen LogP contribution in [-0.2, 0) is 0 Å². The molecule has 0 saturated heterocycles. The van der Waals surface area contributed by atoms with E-state index in [1.807, 2.05) is 6.07 Å². The maximum absolute atomic E-state index is 11.8. The number of amides is 1. The third kappa shape index (κ3) is 2.67. The summed E-state index contributed by atoms with van der Waals surface area (Å²) in [6.45, 7) is 0. The maximum Gasteiger partial charge on any atom is 0.336 e. The predicted molar refractivity (Wildman–Crippen MR) is 74.9 cm³/mol. The largest absolute Gasteiger partial charge is 0.336 e. The lowest BCUT2D eigenvalue weighted by molar-refractivity contribution is 0.252. The lowest BCUT2D eigenvalue weighted by Gasteiger charge is -2.06. The lowest BCUT2D eigenvalue weighted by Crippen LogP contribution is -2.37. The molecule has 0 aliphatic carbocycles. The molecule has 0 aliphatic heterocycles. The van der Waals surface area contributed by atoms with E-state index in [1.165, 1.54) is 6.20 Å². The summed E-state index contributed by atoms with van der Waals surface area (Å²) in [6, 6.07) is 8.09. The Balaban J connectivity index is 2.33. The minimum atomic E-state index is -0.770. The van der Waals surface area contributed by atoms with Crippen molar-refractivity contribution in [3.8, 4) is 0 Å². The van der Waals surface area contributed by atoms with Gasteiger partial charge < -0.3 is 5.32 Å². The number of nitrogens with zero attached hydrogens (tertiary/aromatic N) is 1. The number of benzene rings is 1. The number of nitrogens with one attached hydrogen (secondary N) is 2. The second kappa shape index (κ2) is 5.17. The Bertz CT molecular complexity index is 691. The molecule has 0 bridgehead atoms. The molecule has 0 fully saturated rings. The van der Waals surface area contributed by atoms with Crippen molar-refractivity contribution in [2.24, 2.45) is 0 Å². The molecule has 2 rings (SSSR count). The van der Waals surface area contributed by atoms with Crippen LogP contribution in [0.25, 0.3) is 0 Å². The molecule has 0 aliphatic rings. The highest BCUT2D eigenvalue weighted by Gasteiger charge is 2.09. The Kier molecular flexibility index (Phi) is 3.60. The molecule has 6 nitrogen and oxygen atoms in total. The summed E-state index contributed by atoms with van der Waals surface area (Å²) in [5.41, 5.74) is -0.714. The molecule has 0 radical (unpaired) electrons. The third-order valence-corrected chi connectivity index (χ3v) is 2.91. The second-order valence-corrected chi connectivity index (χ2v) is 4.56. The summed E-state index contributed by atoms with van der Waals surface area (Å²) in [7, 11) is 0. The number of H-pyrrole nitrogens is 1. The van der Waals surface area contributed by atoms with Crippen LogP contribution in [-0.4, -0.2) is 15.6 Å². The van der Waals surface area contributed by atoms with Crippen LogP contribution in [0.4, 0.5) is 10.5 Å².